The molecule has 0 aliphatic rings. The number of anilines is 1. The van der Waals surface area contributed by atoms with Crippen molar-refractivity contribution in [1.29, 1.82) is 0 Å². The average molecular weight is 170 g/mol. The van der Waals surface area contributed by atoms with Gasteiger partial charge in [-0.25, -0.2) is 4.68 Å². The summed E-state index contributed by atoms with van der Waals surface area (Å²) in [5.74, 6) is 0. The molecule has 0 saturated heterocycles. The molecule has 0 fully saturated rings. The van der Waals surface area contributed by atoms with E-state index in [1.165, 1.54) is 7.05 Å². The van der Waals surface area contributed by atoms with Gasteiger partial charge in [-0.3, -0.25) is 14.9 Å². The van der Waals surface area contributed by atoms with Crippen LogP contribution in [0.3, 0.4) is 0 Å². The van der Waals surface area contributed by atoms with Crippen LogP contribution in [-0.2, 0) is 7.05 Å². The van der Waals surface area contributed by atoms with Crippen LogP contribution in [0.5, 0.6) is 0 Å². The normalized spacial score (nSPS) is 9.75. The van der Waals surface area contributed by atoms with Crippen molar-refractivity contribution < 1.29 is 4.92 Å². The summed E-state index contributed by atoms with van der Waals surface area (Å²) in [6.45, 7) is 0. The number of aromatic nitrogens is 2. The molecule has 0 spiro atoms. The Morgan fingerprint density at radius 2 is 2.33 bits per heavy atom. The van der Waals surface area contributed by atoms with Gasteiger partial charge in [0.1, 0.15) is 6.20 Å². The topological polar surface area (TPSA) is 104 Å². The van der Waals surface area contributed by atoms with Crippen molar-refractivity contribution in [3.05, 3.63) is 26.7 Å². The van der Waals surface area contributed by atoms with E-state index in [-0.39, 0.29) is 0 Å². The van der Waals surface area contributed by atoms with E-state index in [1.54, 1.807) is 0 Å². The second kappa shape index (κ2) is 2.61. The van der Waals surface area contributed by atoms with Crippen molar-refractivity contribution in [3.63, 3.8) is 0 Å². The van der Waals surface area contributed by atoms with Gasteiger partial charge in [0.15, 0.2) is 5.69 Å². The molecule has 0 aliphatic carbocycles. The van der Waals surface area contributed by atoms with E-state index in [2.05, 4.69) is 5.10 Å². The van der Waals surface area contributed by atoms with Crippen LogP contribution >= 0.6 is 0 Å². The number of hydrogen-bond donors (Lipinski definition) is 1. The molecule has 0 unspecified atom stereocenters. The third kappa shape index (κ3) is 1.11. The smallest absolute Gasteiger partial charge is 0.317 e. The first-order valence-electron chi connectivity index (χ1n) is 3.00. The maximum Gasteiger partial charge on any atom is 0.317 e. The Morgan fingerprint density at radius 1 is 1.75 bits per heavy atom. The van der Waals surface area contributed by atoms with Crippen molar-refractivity contribution in [1.82, 2.24) is 9.78 Å². The minimum absolute atomic E-state index is 0.391. The van der Waals surface area contributed by atoms with Gasteiger partial charge in [0.2, 0.25) is 0 Å². The molecule has 0 bridgehead atoms. The van der Waals surface area contributed by atoms with Gasteiger partial charge in [-0.2, -0.15) is 5.10 Å². The molecule has 0 saturated carbocycles. The summed E-state index contributed by atoms with van der Waals surface area (Å²) < 4.78 is 0.933. The highest BCUT2D eigenvalue weighted by Crippen LogP contribution is 2.12. The van der Waals surface area contributed by atoms with E-state index in [4.69, 9.17) is 5.73 Å². The number of nitro groups is 1. The Morgan fingerprint density at radius 3 is 2.83 bits per heavy atom. The molecule has 2 N–H and O–H groups in total. The molecule has 64 valence electrons. The fourth-order valence-electron chi connectivity index (χ4n) is 0.693. The molecular weight excluding hydrogens is 164 g/mol. The third-order valence-electron chi connectivity index (χ3n) is 1.35. The lowest BCUT2D eigenvalue weighted by atomic mass is 10.4. The maximum atomic E-state index is 11.0. The second-order valence-corrected chi connectivity index (χ2v) is 2.13. The van der Waals surface area contributed by atoms with Gasteiger partial charge in [0, 0.05) is 7.05 Å². The summed E-state index contributed by atoms with van der Waals surface area (Å²) in [6.07, 6.45) is 0.941. The molecule has 7 nitrogen and oxygen atoms in total. The van der Waals surface area contributed by atoms with Crippen LogP contribution in [-0.4, -0.2) is 14.7 Å². The molecule has 0 aromatic carbocycles. The van der Waals surface area contributed by atoms with Crippen LogP contribution in [0.25, 0.3) is 0 Å². The summed E-state index contributed by atoms with van der Waals surface area (Å²) >= 11 is 0. The lowest BCUT2D eigenvalue weighted by Crippen LogP contribution is -2.23. The lowest BCUT2D eigenvalue weighted by Gasteiger charge is -1.97. The Kier molecular flexibility index (Phi) is 1.78. The molecular formula is C5H6N4O3. The first-order chi connectivity index (χ1) is 5.54. The van der Waals surface area contributed by atoms with E-state index < -0.39 is 21.9 Å². The molecule has 0 atom stereocenters. The van der Waals surface area contributed by atoms with E-state index in [0.29, 0.717) is 0 Å². The Bertz CT molecular complexity index is 383. The van der Waals surface area contributed by atoms with Gasteiger partial charge in [-0.1, -0.05) is 0 Å². The molecule has 1 rings (SSSR count). The molecule has 0 aliphatic heterocycles. The Balaban J connectivity index is 3.47. The highest BCUT2D eigenvalue weighted by Gasteiger charge is 2.15. The molecule has 0 radical (unpaired) electrons. The van der Waals surface area contributed by atoms with Gasteiger partial charge in [0.25, 0.3) is 5.56 Å². The quantitative estimate of drug-likeness (QED) is 0.442. The van der Waals surface area contributed by atoms with Crippen molar-refractivity contribution in [2.24, 2.45) is 7.05 Å². The van der Waals surface area contributed by atoms with Crippen LogP contribution < -0.4 is 11.3 Å². The number of hydrogen-bond acceptors (Lipinski definition) is 5. The SMILES string of the molecule is Cn1ncc([N+](=O)[O-])c(N)c1=O. The monoisotopic (exact) mass is 170 g/mol. The van der Waals surface area contributed by atoms with Crippen molar-refractivity contribution >= 4 is 11.4 Å². The largest absolute Gasteiger partial charge is 0.389 e. The predicted molar refractivity (Wildman–Crippen MR) is 40.5 cm³/mol. The van der Waals surface area contributed by atoms with Crippen molar-refractivity contribution in [2.75, 3.05) is 5.73 Å². The fraction of sp³-hybridized carbons (Fsp3) is 0.200. The zero-order valence-electron chi connectivity index (χ0n) is 6.22. The van der Waals surface area contributed by atoms with Crippen molar-refractivity contribution in [2.45, 2.75) is 0 Å². The summed E-state index contributed by atoms with van der Waals surface area (Å²) in [7, 11) is 1.36. The van der Waals surface area contributed by atoms with Crippen LogP contribution in [0.1, 0.15) is 0 Å². The molecule has 12 heavy (non-hydrogen) atoms. The van der Waals surface area contributed by atoms with E-state index in [9.17, 15) is 14.9 Å². The summed E-state index contributed by atoms with van der Waals surface area (Å²) in [5.41, 5.74) is 3.66. The first kappa shape index (κ1) is 8.18. The zero-order valence-corrected chi connectivity index (χ0v) is 6.22. The van der Waals surface area contributed by atoms with Crippen molar-refractivity contribution in [3.8, 4) is 0 Å². The number of nitrogens with two attached hydrogens (primary N) is 1. The maximum absolute atomic E-state index is 11.0. The van der Waals surface area contributed by atoms with Gasteiger partial charge >= 0.3 is 5.69 Å². The zero-order chi connectivity index (χ0) is 9.30. The molecule has 0 amide bonds. The van der Waals surface area contributed by atoms with E-state index >= 15 is 0 Å². The highest BCUT2D eigenvalue weighted by atomic mass is 16.6. The van der Waals surface area contributed by atoms with Gasteiger partial charge < -0.3 is 5.73 Å². The minimum Gasteiger partial charge on any atom is -0.389 e. The summed E-state index contributed by atoms with van der Waals surface area (Å²) in [5, 5.41) is 13.7. The van der Waals surface area contributed by atoms with Gasteiger partial charge in [-0.05, 0) is 0 Å². The van der Waals surface area contributed by atoms with Crippen LogP contribution in [0.2, 0.25) is 0 Å². The standard InChI is InChI=1S/C5H6N4O3/c1-8-5(10)4(6)3(2-7-8)9(11)12/h2H,6H2,1H3. The van der Waals surface area contributed by atoms with Crippen LogP contribution in [0, 0.1) is 10.1 Å². The Labute approximate surface area is 66.6 Å². The number of nitrogens with zero attached hydrogens (tertiary/aromatic N) is 3. The Hall–Kier alpha value is -1.92. The minimum atomic E-state index is -0.746. The van der Waals surface area contributed by atoms with E-state index in [0.717, 1.165) is 10.9 Å². The van der Waals surface area contributed by atoms with Crippen LogP contribution in [0.15, 0.2) is 11.0 Å². The highest BCUT2D eigenvalue weighted by molar-refractivity contribution is 5.54. The predicted octanol–water partition coefficient (Wildman–Crippen LogP) is -0.729. The van der Waals surface area contributed by atoms with Crippen LogP contribution in [0.4, 0.5) is 11.4 Å². The lowest BCUT2D eigenvalue weighted by molar-refractivity contribution is -0.384. The first-order valence-corrected chi connectivity index (χ1v) is 3.00. The number of nitrogen functional groups attached to an aromatic ring is 1. The fourth-order valence-corrected chi connectivity index (χ4v) is 0.693. The molecule has 1 aromatic heterocycles. The molecule has 7 heteroatoms. The van der Waals surface area contributed by atoms with Gasteiger partial charge in [0.05, 0.1) is 4.92 Å². The number of aryl methyl sites for hydroxylation is 1. The number of rotatable bonds is 1. The third-order valence-corrected chi connectivity index (χ3v) is 1.35. The van der Waals surface area contributed by atoms with E-state index in [1.807, 2.05) is 0 Å². The second-order valence-electron chi connectivity index (χ2n) is 2.13. The summed E-state index contributed by atoms with van der Waals surface area (Å²) in [6, 6.07) is 0. The molecule has 1 heterocycles. The molecule has 1 aromatic rings. The average Bonchev–Trinajstić information content (AvgIpc) is 2.00. The van der Waals surface area contributed by atoms with Gasteiger partial charge in [-0.15, -0.1) is 0 Å². The summed E-state index contributed by atoms with van der Waals surface area (Å²) in [4.78, 5) is 20.4.